The quantitative estimate of drug-likeness (QED) is 0.349. The first-order valence-electron chi connectivity index (χ1n) is 12.8. The lowest BCUT2D eigenvalue weighted by molar-refractivity contribution is 0.453. The molecule has 2 atom stereocenters. The summed E-state index contributed by atoms with van der Waals surface area (Å²) in [6.45, 7) is 12.5. The minimum atomic E-state index is -0.168. The van der Waals surface area contributed by atoms with Crippen molar-refractivity contribution in [2.45, 2.75) is 59.8 Å². The van der Waals surface area contributed by atoms with Crippen LogP contribution in [0.5, 0.6) is 0 Å². The van der Waals surface area contributed by atoms with Gasteiger partial charge in [-0.15, -0.1) is 11.3 Å². The molecule has 0 spiro atoms. The molecule has 3 aromatic rings. The Labute approximate surface area is 215 Å². The Morgan fingerprint density at radius 1 is 1.11 bits per heavy atom. The maximum atomic E-state index is 13.0. The first-order valence-corrected chi connectivity index (χ1v) is 13.8. The van der Waals surface area contributed by atoms with Crippen molar-refractivity contribution in [2.24, 2.45) is 11.8 Å². The van der Waals surface area contributed by atoms with Crippen LogP contribution in [0.2, 0.25) is 0 Å². The molecule has 0 radical (unpaired) electrons. The molecule has 2 aliphatic rings. The van der Waals surface area contributed by atoms with Crippen molar-refractivity contribution in [3.63, 3.8) is 0 Å². The van der Waals surface area contributed by atoms with Crippen molar-refractivity contribution in [3.8, 4) is 11.3 Å². The van der Waals surface area contributed by atoms with Crippen LogP contribution in [0.3, 0.4) is 0 Å². The van der Waals surface area contributed by atoms with Crippen molar-refractivity contribution >= 4 is 11.3 Å². The summed E-state index contributed by atoms with van der Waals surface area (Å²) in [5.41, 5.74) is 11.1. The fraction of sp³-hybridized carbons (Fsp3) is 0.344. The average Bonchev–Trinajstić information content (AvgIpc) is 3.57. The van der Waals surface area contributed by atoms with Gasteiger partial charge in [0.2, 0.25) is 0 Å². The number of allylic oxidation sites excluding steroid dienone is 5. The number of thiazole rings is 1. The van der Waals surface area contributed by atoms with Crippen LogP contribution < -0.4 is 0 Å². The molecule has 0 saturated heterocycles. The lowest BCUT2D eigenvalue weighted by Crippen LogP contribution is -2.12. The van der Waals surface area contributed by atoms with Gasteiger partial charge in [0.15, 0.2) is 0 Å². The lowest BCUT2D eigenvalue weighted by Gasteiger charge is -2.25. The van der Waals surface area contributed by atoms with Gasteiger partial charge in [0, 0.05) is 10.9 Å². The van der Waals surface area contributed by atoms with Crippen LogP contribution in [0.1, 0.15) is 58.1 Å². The average molecular weight is 488 g/mol. The molecule has 1 nitrogen and oxygen atoms in total. The SMILES string of the molecule is C=CC1=C(Cc2ccc(F)cc2)C=C2CCC(C)C2C1.CC.CCc1ccccc1-c1cscn1. The van der Waals surface area contributed by atoms with Crippen molar-refractivity contribution in [1.82, 2.24) is 4.98 Å². The molecule has 0 aliphatic heterocycles. The van der Waals surface area contributed by atoms with E-state index in [4.69, 9.17) is 0 Å². The van der Waals surface area contributed by atoms with Gasteiger partial charge in [0.05, 0.1) is 11.2 Å². The summed E-state index contributed by atoms with van der Waals surface area (Å²) in [7, 11) is 0. The number of rotatable bonds is 5. The first kappa shape index (κ1) is 26.8. The third kappa shape index (κ3) is 6.89. The molecule has 0 N–H and O–H groups in total. The van der Waals surface area contributed by atoms with E-state index in [1.807, 2.05) is 37.6 Å². The van der Waals surface area contributed by atoms with Crippen molar-refractivity contribution in [3.05, 3.63) is 112 Å². The van der Waals surface area contributed by atoms with Gasteiger partial charge < -0.3 is 0 Å². The molecule has 3 heteroatoms. The second kappa shape index (κ2) is 13.3. The van der Waals surface area contributed by atoms with Gasteiger partial charge in [-0.1, -0.05) is 88.4 Å². The van der Waals surface area contributed by atoms with Gasteiger partial charge in [-0.2, -0.15) is 0 Å². The predicted molar refractivity (Wildman–Crippen MR) is 150 cm³/mol. The summed E-state index contributed by atoms with van der Waals surface area (Å²) < 4.78 is 13.0. The summed E-state index contributed by atoms with van der Waals surface area (Å²) in [6.07, 6.45) is 10.0. The standard InChI is InChI=1S/C19H21F.C11H11NS.C2H6/c1-3-15-12-19-13(2)4-7-16(19)11-17(15)10-14-5-8-18(20)9-6-14;1-2-9-5-3-4-6-10(9)11-7-13-8-12-11;1-2/h3,5-6,8-9,11,13,19H,1,4,7,10,12H2,2H3;3-8H,2H2,1H3;1-2H3. The van der Waals surface area contributed by atoms with Gasteiger partial charge in [-0.3, -0.25) is 0 Å². The molecule has 1 heterocycles. The highest BCUT2D eigenvalue weighted by Crippen LogP contribution is 2.44. The topological polar surface area (TPSA) is 12.9 Å². The second-order valence-corrected chi connectivity index (χ2v) is 9.71. The number of benzene rings is 2. The number of halogens is 1. The highest BCUT2D eigenvalue weighted by Gasteiger charge is 2.31. The largest absolute Gasteiger partial charge is 0.245 e. The number of hydrogen-bond donors (Lipinski definition) is 0. The minimum Gasteiger partial charge on any atom is -0.245 e. The third-order valence-corrected chi connectivity index (χ3v) is 7.51. The van der Waals surface area contributed by atoms with E-state index in [2.05, 4.69) is 61.1 Å². The lowest BCUT2D eigenvalue weighted by atomic mass is 9.80. The van der Waals surface area contributed by atoms with Gasteiger partial charge >= 0.3 is 0 Å². The van der Waals surface area contributed by atoms with E-state index in [0.29, 0.717) is 0 Å². The predicted octanol–water partition coefficient (Wildman–Crippen LogP) is 9.63. The zero-order chi connectivity index (χ0) is 25.2. The van der Waals surface area contributed by atoms with Crippen molar-refractivity contribution in [2.75, 3.05) is 0 Å². The van der Waals surface area contributed by atoms with E-state index in [1.54, 1.807) is 29.0 Å². The number of aromatic nitrogens is 1. The van der Waals surface area contributed by atoms with E-state index >= 15 is 0 Å². The molecule has 35 heavy (non-hydrogen) atoms. The summed E-state index contributed by atoms with van der Waals surface area (Å²) >= 11 is 1.64. The normalized spacial score (nSPS) is 18.5. The van der Waals surface area contributed by atoms with Gasteiger partial charge in [-0.05, 0) is 78.3 Å². The first-order chi connectivity index (χ1) is 17.1. The molecule has 1 fully saturated rings. The maximum absolute atomic E-state index is 13.0. The zero-order valence-corrected chi connectivity index (χ0v) is 22.4. The summed E-state index contributed by atoms with van der Waals surface area (Å²) in [5.74, 6) is 1.35. The molecule has 2 aromatic carbocycles. The Kier molecular flexibility index (Phi) is 10.2. The second-order valence-electron chi connectivity index (χ2n) is 8.99. The summed E-state index contributed by atoms with van der Waals surface area (Å²) in [5, 5.41) is 2.09. The van der Waals surface area contributed by atoms with Crippen LogP contribution in [0.25, 0.3) is 11.3 Å². The van der Waals surface area contributed by atoms with E-state index < -0.39 is 0 Å². The third-order valence-electron chi connectivity index (χ3n) is 6.92. The Bertz CT molecular complexity index is 1140. The number of aryl methyl sites for hydroxylation is 1. The fourth-order valence-electron chi connectivity index (χ4n) is 4.97. The van der Waals surface area contributed by atoms with E-state index in [1.165, 1.54) is 40.7 Å². The monoisotopic (exact) mass is 487 g/mol. The molecule has 0 bridgehead atoms. The molecule has 5 rings (SSSR count). The summed E-state index contributed by atoms with van der Waals surface area (Å²) in [4.78, 5) is 4.31. The molecule has 2 unspecified atom stereocenters. The Hall–Kier alpha value is -2.78. The number of fused-ring (bicyclic) bond motifs is 1. The van der Waals surface area contributed by atoms with Gasteiger partial charge in [-0.25, -0.2) is 9.37 Å². The minimum absolute atomic E-state index is 0.168. The Morgan fingerprint density at radius 3 is 2.51 bits per heavy atom. The molecule has 1 aromatic heterocycles. The van der Waals surface area contributed by atoms with Gasteiger partial charge in [0.1, 0.15) is 5.82 Å². The molecule has 0 amide bonds. The van der Waals surface area contributed by atoms with E-state index in [0.717, 1.165) is 36.8 Å². The molecule has 2 aliphatic carbocycles. The molecule has 184 valence electrons. The molecular weight excluding hydrogens is 449 g/mol. The van der Waals surface area contributed by atoms with E-state index in [-0.39, 0.29) is 5.82 Å². The summed E-state index contributed by atoms with van der Waals surface area (Å²) in [6, 6.07) is 15.3. The zero-order valence-electron chi connectivity index (χ0n) is 21.6. The molecular formula is C32H38FNS. The Morgan fingerprint density at radius 2 is 1.86 bits per heavy atom. The highest BCUT2D eigenvalue weighted by atomic mass is 32.1. The number of hydrogen-bond acceptors (Lipinski definition) is 2. The molecule has 1 saturated carbocycles. The van der Waals surface area contributed by atoms with Crippen LogP contribution >= 0.6 is 11.3 Å². The fourth-order valence-corrected chi connectivity index (χ4v) is 5.52. The van der Waals surface area contributed by atoms with Crippen LogP contribution in [0.15, 0.2) is 94.9 Å². The van der Waals surface area contributed by atoms with Crippen LogP contribution in [-0.4, -0.2) is 4.98 Å². The van der Waals surface area contributed by atoms with Crippen LogP contribution in [0.4, 0.5) is 4.39 Å². The highest BCUT2D eigenvalue weighted by molar-refractivity contribution is 7.07. The number of nitrogens with zero attached hydrogens (tertiary/aromatic N) is 1. The maximum Gasteiger partial charge on any atom is 0.123 e. The van der Waals surface area contributed by atoms with E-state index in [9.17, 15) is 4.39 Å². The van der Waals surface area contributed by atoms with Crippen molar-refractivity contribution in [1.29, 1.82) is 0 Å². The Balaban J connectivity index is 0.000000197. The smallest absolute Gasteiger partial charge is 0.123 e. The van der Waals surface area contributed by atoms with Crippen molar-refractivity contribution < 1.29 is 4.39 Å². The van der Waals surface area contributed by atoms with Crippen LogP contribution in [0, 0.1) is 17.7 Å². The van der Waals surface area contributed by atoms with Gasteiger partial charge in [0.25, 0.3) is 0 Å². The van der Waals surface area contributed by atoms with Crippen LogP contribution in [-0.2, 0) is 12.8 Å².